The third kappa shape index (κ3) is 2.70. The fraction of sp³-hybridized carbons (Fsp3) is 0.273. The van der Waals surface area contributed by atoms with Crippen LogP contribution in [0.5, 0.6) is 5.75 Å². The number of benzene rings is 1. The number of hydrogen-bond donors (Lipinski definition) is 1. The molecule has 3 heteroatoms. The van der Waals surface area contributed by atoms with Gasteiger partial charge in [0.05, 0.1) is 12.8 Å². The van der Waals surface area contributed by atoms with Crippen molar-refractivity contribution in [3.05, 3.63) is 30.3 Å². The highest BCUT2D eigenvalue weighted by molar-refractivity contribution is 8.00. The molecule has 1 N–H and O–H groups in total. The van der Waals surface area contributed by atoms with Crippen molar-refractivity contribution in [2.24, 2.45) is 0 Å². The number of anilines is 1. The molecule has 0 aromatic heterocycles. The zero-order valence-corrected chi connectivity index (χ0v) is 9.36. The number of rotatable bonds is 5. The minimum atomic E-state index is 0.850. The normalized spacial score (nSPS) is 9.57. The third-order valence-electron chi connectivity index (χ3n) is 1.79. The summed E-state index contributed by atoms with van der Waals surface area (Å²) in [7, 11) is 1.67. The van der Waals surface area contributed by atoms with Crippen molar-refractivity contribution >= 4 is 23.7 Å². The first-order valence-corrected chi connectivity index (χ1v) is 5.48. The Hall–Kier alpha value is -1.09. The molecule has 1 rings (SSSR count). The Bertz CT molecular complexity index is 312. The number of methoxy groups -OCH3 is 1. The van der Waals surface area contributed by atoms with E-state index in [9.17, 15) is 0 Å². The van der Waals surface area contributed by atoms with Crippen molar-refractivity contribution in [2.75, 3.05) is 17.6 Å². The van der Waals surface area contributed by atoms with Gasteiger partial charge >= 0.3 is 0 Å². The maximum atomic E-state index is 5.26. The van der Waals surface area contributed by atoms with Crippen LogP contribution in [0.3, 0.4) is 0 Å². The summed E-state index contributed by atoms with van der Waals surface area (Å²) >= 11 is 1.65. The zero-order valence-electron chi connectivity index (χ0n) is 8.54. The molecule has 0 aliphatic rings. The van der Waals surface area contributed by atoms with Crippen molar-refractivity contribution in [2.45, 2.75) is 6.92 Å². The molecule has 0 unspecified atom stereocenters. The Labute approximate surface area is 89.5 Å². The standard InChI is InChI=1S/C11H15NOS/c1-4-9-6-7-10(12-14-5-2)11(8-9)13-3/h4,6-8,12H,1,5H2,2-3H3. The Morgan fingerprint density at radius 1 is 1.57 bits per heavy atom. The Morgan fingerprint density at radius 3 is 2.93 bits per heavy atom. The SMILES string of the molecule is C=Cc1ccc(NSCC)c(OC)c1. The van der Waals surface area contributed by atoms with Gasteiger partial charge in [-0.05, 0) is 17.7 Å². The van der Waals surface area contributed by atoms with Crippen LogP contribution in [0, 0.1) is 0 Å². The van der Waals surface area contributed by atoms with E-state index in [1.165, 1.54) is 0 Å². The lowest BCUT2D eigenvalue weighted by atomic mass is 10.2. The van der Waals surface area contributed by atoms with E-state index in [1.807, 2.05) is 18.2 Å². The van der Waals surface area contributed by atoms with E-state index < -0.39 is 0 Å². The first-order valence-electron chi connectivity index (χ1n) is 4.50. The molecule has 0 saturated heterocycles. The molecule has 0 aliphatic carbocycles. The van der Waals surface area contributed by atoms with Crippen molar-refractivity contribution < 1.29 is 4.74 Å². The lowest BCUT2D eigenvalue weighted by Gasteiger charge is -2.10. The molecule has 0 spiro atoms. The molecule has 14 heavy (non-hydrogen) atoms. The summed E-state index contributed by atoms with van der Waals surface area (Å²) in [5.74, 6) is 1.87. The van der Waals surface area contributed by atoms with E-state index in [0.717, 1.165) is 22.8 Å². The van der Waals surface area contributed by atoms with Crippen LogP contribution in [0.15, 0.2) is 24.8 Å². The summed E-state index contributed by atoms with van der Waals surface area (Å²) in [6.07, 6.45) is 1.80. The average Bonchev–Trinajstić information content (AvgIpc) is 2.26. The predicted molar refractivity (Wildman–Crippen MR) is 64.8 cm³/mol. The number of nitrogens with one attached hydrogen (secondary N) is 1. The maximum Gasteiger partial charge on any atom is 0.143 e. The molecule has 0 radical (unpaired) electrons. The largest absolute Gasteiger partial charge is 0.495 e. The van der Waals surface area contributed by atoms with Gasteiger partial charge < -0.3 is 9.46 Å². The summed E-state index contributed by atoms with van der Waals surface area (Å²) in [6.45, 7) is 5.82. The lowest BCUT2D eigenvalue weighted by molar-refractivity contribution is 0.417. The van der Waals surface area contributed by atoms with Gasteiger partial charge in [-0.25, -0.2) is 0 Å². The third-order valence-corrected chi connectivity index (χ3v) is 2.44. The van der Waals surface area contributed by atoms with Crippen LogP contribution in [-0.2, 0) is 0 Å². The zero-order chi connectivity index (χ0) is 10.4. The quantitative estimate of drug-likeness (QED) is 0.751. The van der Waals surface area contributed by atoms with Crippen molar-refractivity contribution in [1.29, 1.82) is 0 Å². The molecular formula is C11H15NOS. The van der Waals surface area contributed by atoms with Crippen LogP contribution in [0.2, 0.25) is 0 Å². The van der Waals surface area contributed by atoms with Crippen LogP contribution < -0.4 is 9.46 Å². The van der Waals surface area contributed by atoms with Crippen LogP contribution in [0.1, 0.15) is 12.5 Å². The molecule has 0 amide bonds. The Balaban J connectivity index is 2.87. The molecule has 0 saturated carbocycles. The molecule has 2 nitrogen and oxygen atoms in total. The molecular weight excluding hydrogens is 194 g/mol. The molecule has 1 aromatic rings. The minimum Gasteiger partial charge on any atom is -0.495 e. The highest BCUT2D eigenvalue weighted by atomic mass is 32.2. The van der Waals surface area contributed by atoms with Crippen LogP contribution in [0.25, 0.3) is 6.08 Å². The van der Waals surface area contributed by atoms with Gasteiger partial charge in [0.15, 0.2) is 0 Å². The Morgan fingerprint density at radius 2 is 2.36 bits per heavy atom. The van der Waals surface area contributed by atoms with Gasteiger partial charge in [-0.15, -0.1) is 0 Å². The summed E-state index contributed by atoms with van der Waals surface area (Å²) in [4.78, 5) is 0. The van der Waals surface area contributed by atoms with Crippen LogP contribution >= 0.6 is 11.9 Å². The maximum absolute atomic E-state index is 5.26. The minimum absolute atomic E-state index is 0.850. The van der Waals surface area contributed by atoms with Gasteiger partial charge in [-0.1, -0.05) is 37.6 Å². The second-order valence-corrected chi connectivity index (χ2v) is 3.77. The molecule has 0 heterocycles. The lowest BCUT2D eigenvalue weighted by Crippen LogP contribution is -1.93. The first-order chi connectivity index (χ1) is 6.81. The molecule has 76 valence electrons. The van der Waals surface area contributed by atoms with Gasteiger partial charge in [0.25, 0.3) is 0 Å². The van der Waals surface area contributed by atoms with E-state index in [2.05, 4.69) is 18.2 Å². The molecule has 0 fully saturated rings. The van der Waals surface area contributed by atoms with Gasteiger partial charge in [0.1, 0.15) is 5.75 Å². The Kier molecular flexibility index (Phi) is 4.40. The van der Waals surface area contributed by atoms with Crippen molar-refractivity contribution in [3.63, 3.8) is 0 Å². The topological polar surface area (TPSA) is 21.3 Å². The van der Waals surface area contributed by atoms with Gasteiger partial charge in [-0.3, -0.25) is 0 Å². The van der Waals surface area contributed by atoms with E-state index in [-0.39, 0.29) is 0 Å². The van der Waals surface area contributed by atoms with Gasteiger partial charge in [0.2, 0.25) is 0 Å². The molecule has 0 aliphatic heterocycles. The summed E-state index contributed by atoms with van der Waals surface area (Å²) in [6, 6.07) is 5.97. The highest BCUT2D eigenvalue weighted by Crippen LogP contribution is 2.27. The smallest absolute Gasteiger partial charge is 0.143 e. The number of hydrogen-bond acceptors (Lipinski definition) is 3. The second-order valence-electron chi connectivity index (χ2n) is 2.70. The first kappa shape index (κ1) is 11.0. The average molecular weight is 209 g/mol. The number of ether oxygens (including phenoxy) is 1. The van der Waals surface area contributed by atoms with Crippen LogP contribution in [0.4, 0.5) is 5.69 Å². The van der Waals surface area contributed by atoms with Gasteiger partial charge in [-0.2, -0.15) is 0 Å². The predicted octanol–water partition coefficient (Wildman–Crippen LogP) is 3.42. The summed E-state index contributed by atoms with van der Waals surface area (Å²) in [5, 5.41) is 0. The summed E-state index contributed by atoms with van der Waals surface area (Å²) < 4.78 is 8.48. The van der Waals surface area contributed by atoms with E-state index in [1.54, 1.807) is 25.1 Å². The van der Waals surface area contributed by atoms with Crippen molar-refractivity contribution in [1.82, 2.24) is 0 Å². The van der Waals surface area contributed by atoms with E-state index >= 15 is 0 Å². The highest BCUT2D eigenvalue weighted by Gasteiger charge is 2.01. The van der Waals surface area contributed by atoms with E-state index in [0.29, 0.717) is 0 Å². The molecule has 0 bridgehead atoms. The fourth-order valence-electron chi connectivity index (χ4n) is 1.07. The van der Waals surface area contributed by atoms with Gasteiger partial charge in [0, 0.05) is 5.75 Å². The molecule has 0 atom stereocenters. The second kappa shape index (κ2) is 5.60. The van der Waals surface area contributed by atoms with E-state index in [4.69, 9.17) is 4.74 Å². The van der Waals surface area contributed by atoms with Crippen LogP contribution in [-0.4, -0.2) is 12.9 Å². The monoisotopic (exact) mass is 209 g/mol. The fourth-order valence-corrected chi connectivity index (χ4v) is 1.54. The summed E-state index contributed by atoms with van der Waals surface area (Å²) in [5.41, 5.74) is 2.07. The molecule has 1 aromatic carbocycles. The van der Waals surface area contributed by atoms with Crippen molar-refractivity contribution in [3.8, 4) is 5.75 Å².